The number of nitrogens with one attached hydrogen (secondary N) is 1. The van der Waals surface area contributed by atoms with E-state index in [1.165, 1.54) is 4.90 Å². The van der Waals surface area contributed by atoms with Crippen molar-refractivity contribution in [1.82, 2.24) is 10.2 Å². The molecule has 6 heteroatoms. The number of hydrogen-bond acceptors (Lipinski definition) is 3. The van der Waals surface area contributed by atoms with Gasteiger partial charge < -0.3 is 15.3 Å². The average molecular weight is 255 g/mol. The first-order valence-corrected chi connectivity index (χ1v) is 6.19. The molecule has 6 nitrogen and oxygen atoms in total. The number of amides is 2. The summed E-state index contributed by atoms with van der Waals surface area (Å²) in [5, 5.41) is 20.0. The summed E-state index contributed by atoms with van der Waals surface area (Å²) in [6, 6.07) is 1.33. The number of carbonyl (C=O) groups is 2. The first kappa shape index (κ1) is 16.2. The molecule has 102 valence electrons. The molecule has 0 aliphatic rings. The van der Waals surface area contributed by atoms with E-state index >= 15 is 0 Å². The van der Waals surface area contributed by atoms with Crippen LogP contribution in [0.3, 0.4) is 0 Å². The summed E-state index contributed by atoms with van der Waals surface area (Å²) in [6.45, 7) is 4.63. The zero-order valence-electron chi connectivity index (χ0n) is 11.0. The molecule has 0 fully saturated rings. The number of nitrogens with zero attached hydrogens (tertiary/aromatic N) is 2. The van der Waals surface area contributed by atoms with Crippen molar-refractivity contribution in [3.05, 3.63) is 0 Å². The molecule has 0 aliphatic carbocycles. The molecule has 0 saturated heterocycles. The number of carboxylic acid groups (broad SMARTS) is 1. The van der Waals surface area contributed by atoms with Crippen LogP contribution in [0.2, 0.25) is 0 Å². The third-order valence-electron chi connectivity index (χ3n) is 2.55. The van der Waals surface area contributed by atoms with E-state index in [4.69, 9.17) is 10.4 Å². The Labute approximate surface area is 108 Å². The average Bonchev–Trinajstić information content (AvgIpc) is 2.29. The van der Waals surface area contributed by atoms with Gasteiger partial charge in [0.15, 0.2) is 0 Å². The monoisotopic (exact) mass is 255 g/mol. The van der Waals surface area contributed by atoms with E-state index in [-0.39, 0.29) is 24.9 Å². The fourth-order valence-corrected chi connectivity index (χ4v) is 1.64. The number of rotatable bonds is 8. The van der Waals surface area contributed by atoms with E-state index in [9.17, 15) is 9.59 Å². The Morgan fingerprint density at radius 1 is 1.44 bits per heavy atom. The van der Waals surface area contributed by atoms with E-state index < -0.39 is 5.97 Å². The highest BCUT2D eigenvalue weighted by molar-refractivity contribution is 5.75. The van der Waals surface area contributed by atoms with Crippen LogP contribution in [0, 0.1) is 11.3 Å². The molecule has 1 unspecified atom stereocenters. The highest BCUT2D eigenvalue weighted by atomic mass is 16.4. The molecular formula is C12H21N3O3. The highest BCUT2D eigenvalue weighted by Crippen LogP contribution is 2.03. The van der Waals surface area contributed by atoms with Gasteiger partial charge in [0, 0.05) is 19.1 Å². The Morgan fingerprint density at radius 2 is 2.11 bits per heavy atom. The Balaban J connectivity index is 4.36. The van der Waals surface area contributed by atoms with Crippen LogP contribution in [0.15, 0.2) is 0 Å². The van der Waals surface area contributed by atoms with Gasteiger partial charge in [-0.3, -0.25) is 4.79 Å². The molecular weight excluding hydrogens is 234 g/mol. The zero-order valence-corrected chi connectivity index (χ0v) is 11.0. The lowest BCUT2D eigenvalue weighted by Crippen LogP contribution is -2.45. The van der Waals surface area contributed by atoms with Gasteiger partial charge in [0.2, 0.25) is 0 Å². The Hall–Kier alpha value is -1.77. The fourth-order valence-electron chi connectivity index (χ4n) is 1.64. The number of nitriles is 1. The van der Waals surface area contributed by atoms with Crippen LogP contribution in [0.25, 0.3) is 0 Å². The van der Waals surface area contributed by atoms with Gasteiger partial charge in [0.25, 0.3) is 0 Å². The van der Waals surface area contributed by atoms with Crippen LogP contribution in [-0.2, 0) is 4.79 Å². The summed E-state index contributed by atoms with van der Waals surface area (Å²) in [4.78, 5) is 24.0. The molecule has 2 N–H and O–H groups in total. The molecule has 0 aliphatic heterocycles. The van der Waals surface area contributed by atoms with Gasteiger partial charge in [-0.2, -0.15) is 5.26 Å². The first-order valence-electron chi connectivity index (χ1n) is 6.19. The van der Waals surface area contributed by atoms with E-state index in [1.807, 2.05) is 19.9 Å². The Morgan fingerprint density at radius 3 is 2.56 bits per heavy atom. The second-order valence-corrected chi connectivity index (χ2v) is 4.02. The van der Waals surface area contributed by atoms with Gasteiger partial charge in [-0.25, -0.2) is 4.79 Å². The van der Waals surface area contributed by atoms with Crippen LogP contribution in [-0.4, -0.2) is 41.1 Å². The standard InChI is InChI=1S/C12H21N3O3/c1-3-6-10(9-11(16)17)14-12(18)15(4-2)8-5-7-13/h10H,3-6,8-9H2,1-2H3,(H,14,18)(H,16,17). The highest BCUT2D eigenvalue weighted by Gasteiger charge is 2.18. The normalized spacial score (nSPS) is 11.4. The molecule has 0 radical (unpaired) electrons. The molecule has 0 aromatic rings. The van der Waals surface area contributed by atoms with E-state index in [1.54, 1.807) is 0 Å². The van der Waals surface area contributed by atoms with Crippen molar-refractivity contribution in [1.29, 1.82) is 5.26 Å². The lowest BCUT2D eigenvalue weighted by molar-refractivity contribution is -0.137. The van der Waals surface area contributed by atoms with Crippen LogP contribution >= 0.6 is 0 Å². The molecule has 0 bridgehead atoms. The van der Waals surface area contributed by atoms with Crippen LogP contribution in [0.4, 0.5) is 4.79 Å². The smallest absolute Gasteiger partial charge is 0.317 e. The molecule has 0 heterocycles. The molecule has 1 atom stereocenters. The van der Waals surface area contributed by atoms with E-state index in [0.717, 1.165) is 6.42 Å². The minimum Gasteiger partial charge on any atom is -0.481 e. The fraction of sp³-hybridized carbons (Fsp3) is 0.750. The third kappa shape index (κ3) is 6.74. The maximum Gasteiger partial charge on any atom is 0.317 e. The molecule has 2 amide bonds. The third-order valence-corrected chi connectivity index (χ3v) is 2.55. The van der Waals surface area contributed by atoms with Crippen molar-refractivity contribution < 1.29 is 14.7 Å². The van der Waals surface area contributed by atoms with Gasteiger partial charge in [0.1, 0.15) is 0 Å². The first-order chi connectivity index (χ1) is 8.54. The predicted molar refractivity (Wildman–Crippen MR) is 67.0 cm³/mol. The van der Waals surface area contributed by atoms with Gasteiger partial charge in [0.05, 0.1) is 18.9 Å². The summed E-state index contributed by atoms with van der Waals surface area (Å²) < 4.78 is 0. The van der Waals surface area contributed by atoms with Crippen molar-refractivity contribution in [3.8, 4) is 6.07 Å². The summed E-state index contributed by atoms with van der Waals surface area (Å²) in [6.07, 6.45) is 1.64. The summed E-state index contributed by atoms with van der Waals surface area (Å²) in [5.41, 5.74) is 0. The number of hydrogen-bond donors (Lipinski definition) is 2. The second-order valence-electron chi connectivity index (χ2n) is 4.02. The van der Waals surface area contributed by atoms with Crippen LogP contribution in [0.5, 0.6) is 0 Å². The zero-order chi connectivity index (χ0) is 14.0. The van der Waals surface area contributed by atoms with Crippen molar-refractivity contribution in [3.63, 3.8) is 0 Å². The molecule has 18 heavy (non-hydrogen) atoms. The SMILES string of the molecule is CCCC(CC(=O)O)NC(=O)N(CC)CCC#N. The minimum atomic E-state index is -0.922. The van der Waals surface area contributed by atoms with Crippen molar-refractivity contribution in [2.45, 2.75) is 45.6 Å². The van der Waals surface area contributed by atoms with E-state index in [0.29, 0.717) is 19.5 Å². The summed E-state index contributed by atoms with van der Waals surface area (Å²) >= 11 is 0. The van der Waals surface area contributed by atoms with Gasteiger partial charge in [-0.05, 0) is 13.3 Å². The van der Waals surface area contributed by atoms with Gasteiger partial charge in [-0.15, -0.1) is 0 Å². The molecule has 0 aromatic carbocycles. The maximum atomic E-state index is 11.9. The largest absolute Gasteiger partial charge is 0.481 e. The van der Waals surface area contributed by atoms with Gasteiger partial charge in [-0.1, -0.05) is 13.3 Å². The van der Waals surface area contributed by atoms with Crippen molar-refractivity contribution >= 4 is 12.0 Å². The van der Waals surface area contributed by atoms with Crippen molar-refractivity contribution in [2.24, 2.45) is 0 Å². The number of carbonyl (C=O) groups excluding carboxylic acids is 1. The lowest BCUT2D eigenvalue weighted by atomic mass is 10.1. The minimum absolute atomic E-state index is 0.0740. The second kappa shape index (κ2) is 9.28. The van der Waals surface area contributed by atoms with Crippen LogP contribution < -0.4 is 5.32 Å². The molecule has 0 rings (SSSR count). The topological polar surface area (TPSA) is 93.4 Å². The number of aliphatic carboxylic acids is 1. The Bertz CT molecular complexity index is 312. The lowest BCUT2D eigenvalue weighted by Gasteiger charge is -2.24. The molecule has 0 spiro atoms. The van der Waals surface area contributed by atoms with Gasteiger partial charge >= 0.3 is 12.0 Å². The van der Waals surface area contributed by atoms with E-state index in [2.05, 4.69) is 5.32 Å². The number of urea groups is 1. The summed E-state index contributed by atoms with van der Waals surface area (Å²) in [7, 11) is 0. The quantitative estimate of drug-likeness (QED) is 0.688. The van der Waals surface area contributed by atoms with Crippen LogP contribution in [0.1, 0.15) is 39.5 Å². The molecule has 0 aromatic heterocycles. The number of carboxylic acids is 1. The molecule has 0 saturated carbocycles. The summed E-state index contributed by atoms with van der Waals surface area (Å²) in [5.74, 6) is -0.922. The van der Waals surface area contributed by atoms with Crippen molar-refractivity contribution in [2.75, 3.05) is 13.1 Å². The Kier molecular flexibility index (Phi) is 8.37. The predicted octanol–water partition coefficient (Wildman–Crippen LogP) is 1.57. The maximum absolute atomic E-state index is 11.9.